The van der Waals surface area contributed by atoms with E-state index in [1.807, 2.05) is 0 Å². The maximum absolute atomic E-state index is 12.4. The van der Waals surface area contributed by atoms with Gasteiger partial charge in [-0.15, -0.1) is 0 Å². The fourth-order valence-electron chi connectivity index (χ4n) is 1.50. The Labute approximate surface area is 64.2 Å². The van der Waals surface area contributed by atoms with Crippen LogP contribution in [0.5, 0.6) is 0 Å². The van der Waals surface area contributed by atoms with Gasteiger partial charge in [-0.05, 0) is 33.4 Å². The second-order valence-corrected chi connectivity index (χ2v) is 3.28. The minimum atomic E-state index is -4.06. The standard InChI is InChI=1S/C7H12F3N/c1-11(2)6(4-3-5-6)7(8,9)10/h3-5H2,1-2H3. The summed E-state index contributed by atoms with van der Waals surface area (Å²) in [6, 6.07) is 0. The number of hydrogen-bond acceptors (Lipinski definition) is 1. The number of alkyl halides is 3. The summed E-state index contributed by atoms with van der Waals surface area (Å²) in [5.74, 6) is 0. The molecule has 1 fully saturated rings. The Kier molecular flexibility index (Phi) is 1.90. The van der Waals surface area contributed by atoms with Crippen molar-refractivity contribution in [2.75, 3.05) is 14.1 Å². The molecule has 11 heavy (non-hydrogen) atoms. The van der Waals surface area contributed by atoms with Crippen molar-refractivity contribution in [1.82, 2.24) is 4.90 Å². The molecule has 0 bridgehead atoms. The van der Waals surface area contributed by atoms with Gasteiger partial charge in [-0.2, -0.15) is 13.2 Å². The van der Waals surface area contributed by atoms with Crippen molar-refractivity contribution in [2.45, 2.75) is 31.0 Å². The number of rotatable bonds is 1. The van der Waals surface area contributed by atoms with E-state index in [-0.39, 0.29) is 12.8 Å². The highest BCUT2D eigenvalue weighted by Gasteiger charge is 2.59. The first-order valence-electron chi connectivity index (χ1n) is 3.64. The largest absolute Gasteiger partial charge is 0.406 e. The molecule has 66 valence electrons. The lowest BCUT2D eigenvalue weighted by Gasteiger charge is -2.47. The van der Waals surface area contributed by atoms with E-state index in [4.69, 9.17) is 0 Å². The normalized spacial score (nSPS) is 23.5. The molecule has 0 radical (unpaired) electrons. The molecule has 0 aromatic rings. The van der Waals surface area contributed by atoms with Crippen molar-refractivity contribution in [1.29, 1.82) is 0 Å². The van der Waals surface area contributed by atoms with Crippen molar-refractivity contribution in [3.8, 4) is 0 Å². The van der Waals surface area contributed by atoms with Crippen LogP contribution in [0.15, 0.2) is 0 Å². The molecule has 0 aromatic carbocycles. The fourth-order valence-corrected chi connectivity index (χ4v) is 1.50. The number of hydrogen-bond donors (Lipinski definition) is 0. The Morgan fingerprint density at radius 2 is 1.64 bits per heavy atom. The van der Waals surface area contributed by atoms with Gasteiger partial charge in [0.15, 0.2) is 0 Å². The molecule has 0 amide bonds. The summed E-state index contributed by atoms with van der Waals surface area (Å²) in [7, 11) is 2.99. The molecule has 4 heteroatoms. The molecule has 0 aromatic heterocycles. The van der Waals surface area contributed by atoms with E-state index in [2.05, 4.69) is 0 Å². The van der Waals surface area contributed by atoms with Crippen LogP contribution in [0.4, 0.5) is 13.2 Å². The Morgan fingerprint density at radius 3 is 1.64 bits per heavy atom. The third-order valence-electron chi connectivity index (χ3n) is 2.56. The SMILES string of the molecule is CN(C)C1(C(F)(F)F)CCC1. The quantitative estimate of drug-likeness (QED) is 0.577. The maximum atomic E-state index is 12.4. The highest BCUT2D eigenvalue weighted by atomic mass is 19.4. The van der Waals surface area contributed by atoms with Crippen LogP contribution in [0.3, 0.4) is 0 Å². The van der Waals surface area contributed by atoms with Gasteiger partial charge < -0.3 is 0 Å². The zero-order valence-corrected chi connectivity index (χ0v) is 6.70. The molecule has 0 aliphatic heterocycles. The molecule has 0 N–H and O–H groups in total. The Balaban J connectivity index is 2.76. The lowest BCUT2D eigenvalue weighted by atomic mass is 9.75. The number of nitrogens with zero attached hydrogens (tertiary/aromatic N) is 1. The van der Waals surface area contributed by atoms with Crippen LogP contribution in [0.25, 0.3) is 0 Å². The van der Waals surface area contributed by atoms with E-state index >= 15 is 0 Å². The first kappa shape index (κ1) is 8.84. The van der Waals surface area contributed by atoms with Crippen LogP contribution >= 0.6 is 0 Å². The van der Waals surface area contributed by atoms with E-state index in [1.54, 1.807) is 0 Å². The van der Waals surface area contributed by atoms with Crippen molar-refractivity contribution >= 4 is 0 Å². The average molecular weight is 167 g/mol. The molecule has 0 saturated heterocycles. The lowest BCUT2D eigenvalue weighted by molar-refractivity contribution is -0.249. The van der Waals surface area contributed by atoms with Crippen LogP contribution in [-0.4, -0.2) is 30.7 Å². The summed E-state index contributed by atoms with van der Waals surface area (Å²) in [6.07, 6.45) is -2.86. The third kappa shape index (κ3) is 1.13. The van der Waals surface area contributed by atoms with Crippen LogP contribution < -0.4 is 0 Å². The molecule has 0 atom stereocenters. The molecular weight excluding hydrogens is 155 g/mol. The van der Waals surface area contributed by atoms with Gasteiger partial charge in [0.05, 0.1) is 0 Å². The van der Waals surface area contributed by atoms with Gasteiger partial charge in [0.25, 0.3) is 0 Å². The second-order valence-electron chi connectivity index (χ2n) is 3.28. The Morgan fingerprint density at radius 1 is 1.18 bits per heavy atom. The lowest BCUT2D eigenvalue weighted by Crippen LogP contribution is -2.60. The third-order valence-corrected chi connectivity index (χ3v) is 2.56. The van der Waals surface area contributed by atoms with E-state index in [1.165, 1.54) is 19.0 Å². The molecule has 1 saturated carbocycles. The van der Waals surface area contributed by atoms with E-state index in [9.17, 15) is 13.2 Å². The summed E-state index contributed by atoms with van der Waals surface area (Å²) in [5, 5.41) is 0. The van der Waals surface area contributed by atoms with Crippen molar-refractivity contribution in [3.63, 3.8) is 0 Å². The van der Waals surface area contributed by atoms with Crippen molar-refractivity contribution < 1.29 is 13.2 Å². The van der Waals surface area contributed by atoms with E-state index in [0.717, 1.165) is 0 Å². The molecule has 0 spiro atoms. The zero-order chi connectivity index (χ0) is 8.70. The summed E-state index contributed by atoms with van der Waals surface area (Å²) in [4.78, 5) is 1.29. The van der Waals surface area contributed by atoms with Crippen molar-refractivity contribution in [2.24, 2.45) is 0 Å². The smallest absolute Gasteiger partial charge is 0.296 e. The average Bonchev–Trinajstić information content (AvgIpc) is 1.52. The van der Waals surface area contributed by atoms with Crippen LogP contribution in [0.1, 0.15) is 19.3 Å². The highest BCUT2D eigenvalue weighted by Crippen LogP contribution is 2.48. The first-order valence-corrected chi connectivity index (χ1v) is 3.64. The minimum absolute atomic E-state index is 0.253. The van der Waals surface area contributed by atoms with Crippen LogP contribution in [0, 0.1) is 0 Å². The first-order chi connectivity index (χ1) is 4.90. The Bertz CT molecular complexity index is 146. The van der Waals surface area contributed by atoms with E-state index in [0.29, 0.717) is 6.42 Å². The van der Waals surface area contributed by atoms with E-state index < -0.39 is 11.7 Å². The van der Waals surface area contributed by atoms with Gasteiger partial charge >= 0.3 is 6.18 Å². The summed E-state index contributed by atoms with van der Waals surface area (Å²) >= 11 is 0. The van der Waals surface area contributed by atoms with Gasteiger partial charge in [0.1, 0.15) is 5.54 Å². The van der Waals surface area contributed by atoms with Gasteiger partial charge in [-0.25, -0.2) is 0 Å². The summed E-state index contributed by atoms with van der Waals surface area (Å²) < 4.78 is 37.1. The monoisotopic (exact) mass is 167 g/mol. The Hall–Kier alpha value is -0.250. The molecule has 1 rings (SSSR count). The highest BCUT2D eigenvalue weighted by molar-refractivity contribution is 5.01. The van der Waals surface area contributed by atoms with Gasteiger partial charge in [0, 0.05) is 0 Å². The van der Waals surface area contributed by atoms with Crippen molar-refractivity contribution in [3.05, 3.63) is 0 Å². The molecular formula is C7H12F3N. The van der Waals surface area contributed by atoms with Gasteiger partial charge in [-0.1, -0.05) is 0 Å². The topological polar surface area (TPSA) is 3.24 Å². The summed E-state index contributed by atoms with van der Waals surface area (Å²) in [6.45, 7) is 0. The fraction of sp³-hybridized carbons (Fsp3) is 1.00. The minimum Gasteiger partial charge on any atom is -0.296 e. The van der Waals surface area contributed by atoms with Gasteiger partial charge in [-0.3, -0.25) is 4.90 Å². The zero-order valence-electron chi connectivity index (χ0n) is 6.70. The molecule has 0 heterocycles. The maximum Gasteiger partial charge on any atom is 0.406 e. The van der Waals surface area contributed by atoms with Crippen LogP contribution in [0.2, 0.25) is 0 Å². The summed E-state index contributed by atoms with van der Waals surface area (Å²) in [5.41, 5.74) is -1.51. The second kappa shape index (κ2) is 2.37. The predicted molar refractivity (Wildman–Crippen MR) is 36.3 cm³/mol. The predicted octanol–water partition coefficient (Wildman–Crippen LogP) is 2.03. The molecule has 0 unspecified atom stereocenters. The van der Waals surface area contributed by atoms with Gasteiger partial charge in [0.2, 0.25) is 0 Å². The molecule has 1 aliphatic rings. The molecule has 1 aliphatic carbocycles. The molecule has 1 nitrogen and oxygen atoms in total. The van der Waals surface area contributed by atoms with Crippen LogP contribution in [-0.2, 0) is 0 Å². The number of halogens is 3.